The van der Waals surface area contributed by atoms with E-state index in [1.54, 1.807) is 0 Å². The van der Waals surface area contributed by atoms with Crippen LogP contribution >= 0.6 is 0 Å². The molecule has 0 amide bonds. The summed E-state index contributed by atoms with van der Waals surface area (Å²) in [6, 6.07) is 0. The van der Waals surface area contributed by atoms with Crippen molar-refractivity contribution < 1.29 is 5.21 Å². The van der Waals surface area contributed by atoms with Crippen LogP contribution in [0.4, 0.5) is 0 Å². The summed E-state index contributed by atoms with van der Waals surface area (Å²) >= 11 is 0. The van der Waals surface area contributed by atoms with Gasteiger partial charge in [0.1, 0.15) is 0 Å². The molecule has 0 saturated heterocycles. The largest absolute Gasteiger partial charge is 0.316 e. The maximum absolute atomic E-state index is 8.49. The maximum Gasteiger partial charge on any atom is 0.0642 e. The van der Waals surface area contributed by atoms with Crippen LogP contribution in [0, 0.1) is 13.8 Å². The molecule has 1 rings (SSSR count). The predicted octanol–water partition coefficient (Wildman–Crippen LogP) is 0.516. The second-order valence-electron chi connectivity index (χ2n) is 2.61. The predicted molar refractivity (Wildman–Crippen MR) is 41.3 cm³/mol. The molecule has 0 spiro atoms. The molecule has 0 aromatic carbocycles. The molecule has 0 saturated carbocycles. The molecular formula is C7H13N3O. The van der Waals surface area contributed by atoms with Gasteiger partial charge in [0, 0.05) is 24.8 Å². The van der Waals surface area contributed by atoms with Gasteiger partial charge in [-0.1, -0.05) is 0 Å². The first-order chi connectivity index (χ1) is 5.16. The van der Waals surface area contributed by atoms with E-state index in [-0.39, 0.29) is 0 Å². The van der Waals surface area contributed by atoms with E-state index in [4.69, 9.17) is 5.21 Å². The van der Waals surface area contributed by atoms with Gasteiger partial charge < -0.3 is 5.21 Å². The van der Waals surface area contributed by atoms with Crippen molar-refractivity contribution in [2.75, 3.05) is 0 Å². The molecule has 0 radical (unpaired) electrons. The molecule has 0 aliphatic rings. The monoisotopic (exact) mass is 155 g/mol. The van der Waals surface area contributed by atoms with Gasteiger partial charge in [-0.25, -0.2) is 5.48 Å². The van der Waals surface area contributed by atoms with Crippen LogP contribution in [0.1, 0.15) is 17.0 Å². The Morgan fingerprint density at radius 3 is 2.55 bits per heavy atom. The van der Waals surface area contributed by atoms with Crippen LogP contribution in [0.5, 0.6) is 0 Å². The maximum atomic E-state index is 8.49. The summed E-state index contributed by atoms with van der Waals surface area (Å²) in [5.41, 5.74) is 5.24. The van der Waals surface area contributed by atoms with Crippen molar-refractivity contribution in [3.63, 3.8) is 0 Å². The number of hydrogen-bond acceptors (Lipinski definition) is 3. The zero-order valence-electron chi connectivity index (χ0n) is 7.05. The average Bonchev–Trinajstić information content (AvgIpc) is 2.17. The third-order valence-corrected chi connectivity index (χ3v) is 1.91. The van der Waals surface area contributed by atoms with E-state index in [0.717, 1.165) is 17.0 Å². The van der Waals surface area contributed by atoms with Crippen LogP contribution in [0.2, 0.25) is 0 Å². The third kappa shape index (κ3) is 1.41. The lowest BCUT2D eigenvalue weighted by Crippen LogP contribution is -2.07. The lowest BCUT2D eigenvalue weighted by molar-refractivity contribution is 0.161. The van der Waals surface area contributed by atoms with Crippen LogP contribution in [-0.4, -0.2) is 15.0 Å². The Morgan fingerprint density at radius 1 is 1.55 bits per heavy atom. The van der Waals surface area contributed by atoms with Gasteiger partial charge in [-0.15, -0.1) is 0 Å². The summed E-state index contributed by atoms with van der Waals surface area (Å²) < 4.78 is 1.81. The molecule has 2 N–H and O–H groups in total. The fourth-order valence-electron chi connectivity index (χ4n) is 1.15. The minimum Gasteiger partial charge on any atom is -0.316 e. The fourth-order valence-corrected chi connectivity index (χ4v) is 1.15. The Balaban J connectivity index is 3.02. The highest BCUT2D eigenvalue weighted by molar-refractivity contribution is 5.23. The van der Waals surface area contributed by atoms with Gasteiger partial charge in [0.05, 0.1) is 5.69 Å². The molecule has 1 aromatic rings. The molecule has 0 fully saturated rings. The van der Waals surface area contributed by atoms with E-state index >= 15 is 0 Å². The van der Waals surface area contributed by atoms with Crippen LogP contribution in [-0.2, 0) is 13.6 Å². The molecule has 0 unspecified atom stereocenters. The Bertz CT molecular complexity index is 254. The van der Waals surface area contributed by atoms with Crippen molar-refractivity contribution in [2.45, 2.75) is 20.4 Å². The number of hydroxylamine groups is 1. The van der Waals surface area contributed by atoms with Crippen LogP contribution < -0.4 is 5.48 Å². The molecule has 4 heteroatoms. The second kappa shape index (κ2) is 3.02. The minimum absolute atomic E-state index is 0.464. The van der Waals surface area contributed by atoms with Gasteiger partial charge >= 0.3 is 0 Å². The SMILES string of the molecule is Cc1nn(C)c(C)c1CNO. The minimum atomic E-state index is 0.464. The average molecular weight is 155 g/mol. The fraction of sp³-hybridized carbons (Fsp3) is 0.571. The first kappa shape index (κ1) is 8.23. The number of aromatic nitrogens is 2. The Hall–Kier alpha value is -0.870. The van der Waals surface area contributed by atoms with Crippen molar-refractivity contribution in [1.82, 2.24) is 15.3 Å². The van der Waals surface area contributed by atoms with Crippen molar-refractivity contribution in [2.24, 2.45) is 7.05 Å². The molecule has 1 heterocycles. The molecule has 4 nitrogen and oxygen atoms in total. The van der Waals surface area contributed by atoms with Crippen molar-refractivity contribution in [3.05, 3.63) is 17.0 Å². The number of nitrogens with one attached hydrogen (secondary N) is 1. The first-order valence-electron chi connectivity index (χ1n) is 3.53. The summed E-state index contributed by atoms with van der Waals surface area (Å²) in [7, 11) is 1.89. The molecule has 0 atom stereocenters. The first-order valence-corrected chi connectivity index (χ1v) is 3.53. The molecular weight excluding hydrogens is 142 g/mol. The zero-order chi connectivity index (χ0) is 8.43. The number of nitrogens with zero attached hydrogens (tertiary/aromatic N) is 2. The summed E-state index contributed by atoms with van der Waals surface area (Å²) in [5, 5.41) is 12.7. The lowest BCUT2D eigenvalue weighted by Gasteiger charge is -1.98. The van der Waals surface area contributed by atoms with E-state index in [0.29, 0.717) is 6.54 Å². The Kier molecular flexibility index (Phi) is 2.26. The Labute approximate surface area is 65.8 Å². The quantitative estimate of drug-likeness (QED) is 0.612. The highest BCUT2D eigenvalue weighted by Crippen LogP contribution is 2.10. The highest BCUT2D eigenvalue weighted by Gasteiger charge is 2.07. The molecule has 1 aromatic heterocycles. The van der Waals surface area contributed by atoms with E-state index in [1.165, 1.54) is 0 Å². The van der Waals surface area contributed by atoms with Gasteiger partial charge in [-0.05, 0) is 13.8 Å². The summed E-state index contributed by atoms with van der Waals surface area (Å²) in [5.74, 6) is 0. The van der Waals surface area contributed by atoms with Crippen LogP contribution in [0.15, 0.2) is 0 Å². The number of hydrogen-bond donors (Lipinski definition) is 2. The van der Waals surface area contributed by atoms with E-state index in [1.807, 2.05) is 25.6 Å². The number of rotatable bonds is 2. The summed E-state index contributed by atoms with van der Waals surface area (Å²) in [6.45, 7) is 4.37. The van der Waals surface area contributed by atoms with Crippen molar-refractivity contribution in [3.8, 4) is 0 Å². The summed E-state index contributed by atoms with van der Waals surface area (Å²) in [4.78, 5) is 0. The Morgan fingerprint density at radius 2 is 2.18 bits per heavy atom. The summed E-state index contributed by atoms with van der Waals surface area (Å²) in [6.07, 6.45) is 0. The van der Waals surface area contributed by atoms with E-state index < -0.39 is 0 Å². The highest BCUT2D eigenvalue weighted by atomic mass is 16.5. The number of aryl methyl sites for hydroxylation is 2. The van der Waals surface area contributed by atoms with Gasteiger partial charge in [0.2, 0.25) is 0 Å². The van der Waals surface area contributed by atoms with Gasteiger partial charge in [0.15, 0.2) is 0 Å². The smallest absolute Gasteiger partial charge is 0.0642 e. The van der Waals surface area contributed by atoms with Gasteiger partial charge in [0.25, 0.3) is 0 Å². The molecule has 0 aliphatic carbocycles. The molecule has 0 aliphatic heterocycles. The van der Waals surface area contributed by atoms with Crippen molar-refractivity contribution >= 4 is 0 Å². The van der Waals surface area contributed by atoms with Crippen LogP contribution in [0.3, 0.4) is 0 Å². The molecule has 0 bridgehead atoms. The molecule has 11 heavy (non-hydrogen) atoms. The standard InChI is InChI=1S/C7H13N3O/c1-5-7(4-8-11)6(2)10(3)9-5/h8,11H,4H2,1-3H3. The van der Waals surface area contributed by atoms with E-state index in [2.05, 4.69) is 10.6 Å². The van der Waals surface area contributed by atoms with Gasteiger partial charge in [-0.3, -0.25) is 4.68 Å². The van der Waals surface area contributed by atoms with Crippen molar-refractivity contribution in [1.29, 1.82) is 0 Å². The second-order valence-corrected chi connectivity index (χ2v) is 2.61. The van der Waals surface area contributed by atoms with Crippen LogP contribution in [0.25, 0.3) is 0 Å². The third-order valence-electron chi connectivity index (χ3n) is 1.91. The van der Waals surface area contributed by atoms with Gasteiger partial charge in [-0.2, -0.15) is 5.10 Å². The molecule has 62 valence electrons. The lowest BCUT2D eigenvalue weighted by atomic mass is 10.2. The normalized spacial score (nSPS) is 10.5. The zero-order valence-corrected chi connectivity index (χ0v) is 7.05. The topological polar surface area (TPSA) is 50.1 Å². The van der Waals surface area contributed by atoms with E-state index in [9.17, 15) is 0 Å².